The predicted molar refractivity (Wildman–Crippen MR) is 121 cm³/mol. The molecule has 0 spiro atoms. The molecule has 0 aliphatic carbocycles. The minimum absolute atomic E-state index is 0.00232. The smallest absolute Gasteiger partial charge is 0.223 e. The van der Waals surface area contributed by atoms with Crippen LogP contribution in [0.25, 0.3) is 11.2 Å². The van der Waals surface area contributed by atoms with Gasteiger partial charge in [0.15, 0.2) is 31.2 Å². The van der Waals surface area contributed by atoms with E-state index in [1.54, 1.807) is 36.6 Å². The SMILES string of the molecule is C/C=C\C(OCC(=O)c1c(C)cc(C)c(P(O)O)c1C)n1cnc2c(Cl)nc(N)nc21. The molecule has 1 unspecified atom stereocenters. The molecule has 2 aromatic heterocycles. The summed E-state index contributed by atoms with van der Waals surface area (Å²) >= 11 is 6.09. The van der Waals surface area contributed by atoms with Crippen LogP contribution < -0.4 is 11.0 Å². The van der Waals surface area contributed by atoms with Gasteiger partial charge in [0.25, 0.3) is 0 Å². The second-order valence-electron chi connectivity index (χ2n) is 7.00. The molecule has 0 saturated heterocycles. The predicted octanol–water partition coefficient (Wildman–Crippen LogP) is 2.88. The number of aromatic nitrogens is 4. The van der Waals surface area contributed by atoms with Crippen LogP contribution in [0.4, 0.5) is 5.95 Å². The number of ether oxygens (including phenoxy) is 1. The molecular weight excluding hydrogens is 441 g/mol. The van der Waals surface area contributed by atoms with Crippen molar-refractivity contribution in [2.45, 2.75) is 33.9 Å². The van der Waals surface area contributed by atoms with Crippen LogP contribution in [0.1, 0.15) is 40.2 Å². The Morgan fingerprint density at radius 1 is 1.32 bits per heavy atom. The van der Waals surface area contributed by atoms with E-state index in [0.717, 1.165) is 11.1 Å². The van der Waals surface area contributed by atoms with Gasteiger partial charge in [0, 0.05) is 10.9 Å². The Morgan fingerprint density at radius 3 is 2.68 bits per heavy atom. The third-order valence-corrected chi connectivity index (χ3v) is 6.17. The van der Waals surface area contributed by atoms with Gasteiger partial charge in [-0.1, -0.05) is 23.7 Å². The molecule has 0 fully saturated rings. The monoisotopic (exact) mass is 463 g/mol. The second-order valence-corrected chi connectivity index (χ2v) is 8.38. The Kier molecular flexibility index (Phi) is 7.03. The van der Waals surface area contributed by atoms with E-state index in [1.807, 2.05) is 13.8 Å². The second kappa shape index (κ2) is 9.38. The van der Waals surface area contributed by atoms with Crippen LogP contribution >= 0.6 is 20.0 Å². The highest BCUT2D eigenvalue weighted by molar-refractivity contribution is 7.54. The number of carbonyl (C=O) groups is 1. The van der Waals surface area contributed by atoms with Crippen LogP contribution in [0.2, 0.25) is 5.15 Å². The maximum Gasteiger partial charge on any atom is 0.223 e. The van der Waals surface area contributed by atoms with Gasteiger partial charge in [0.05, 0.1) is 6.33 Å². The zero-order valence-electron chi connectivity index (χ0n) is 17.5. The lowest BCUT2D eigenvalue weighted by molar-refractivity contribution is 0.0364. The summed E-state index contributed by atoms with van der Waals surface area (Å²) in [5, 5.41) is 0.510. The van der Waals surface area contributed by atoms with Crippen molar-refractivity contribution in [1.29, 1.82) is 0 Å². The van der Waals surface area contributed by atoms with Crippen molar-refractivity contribution in [2.24, 2.45) is 0 Å². The van der Waals surface area contributed by atoms with Gasteiger partial charge in [-0.2, -0.15) is 9.97 Å². The maximum atomic E-state index is 13.0. The summed E-state index contributed by atoms with van der Waals surface area (Å²) < 4.78 is 7.50. The van der Waals surface area contributed by atoms with Gasteiger partial charge >= 0.3 is 0 Å². The molecule has 9 nitrogen and oxygen atoms in total. The normalized spacial score (nSPS) is 12.9. The Labute approximate surface area is 185 Å². The van der Waals surface area contributed by atoms with Gasteiger partial charge in [-0.3, -0.25) is 9.36 Å². The summed E-state index contributed by atoms with van der Waals surface area (Å²) in [7, 11) is -2.33. The van der Waals surface area contributed by atoms with Crippen molar-refractivity contribution < 1.29 is 19.3 Å². The van der Waals surface area contributed by atoms with Gasteiger partial charge in [-0.25, -0.2) is 4.98 Å². The number of fused-ring (bicyclic) bond motifs is 1. The number of hydrogen-bond acceptors (Lipinski definition) is 8. The van der Waals surface area contributed by atoms with E-state index in [9.17, 15) is 14.6 Å². The highest BCUT2D eigenvalue weighted by atomic mass is 35.5. The largest absolute Gasteiger partial charge is 0.368 e. The van der Waals surface area contributed by atoms with E-state index in [-0.39, 0.29) is 23.5 Å². The molecule has 2 heterocycles. The summed E-state index contributed by atoms with van der Waals surface area (Å²) in [6, 6.07) is 1.77. The van der Waals surface area contributed by atoms with Gasteiger partial charge in [0.1, 0.15) is 12.1 Å². The first-order valence-electron chi connectivity index (χ1n) is 9.37. The summed E-state index contributed by atoms with van der Waals surface area (Å²) in [5.74, 6) is -0.281. The third-order valence-electron chi connectivity index (χ3n) is 4.82. The Bertz CT molecular complexity index is 1180. The summed E-state index contributed by atoms with van der Waals surface area (Å²) in [4.78, 5) is 44.8. The number of Topliss-reactive ketones (excluding diaryl/α,β-unsaturated/α-hetero) is 1. The molecule has 4 N–H and O–H groups in total. The van der Waals surface area contributed by atoms with Crippen LogP contribution in [-0.4, -0.2) is 41.7 Å². The maximum absolute atomic E-state index is 13.0. The van der Waals surface area contributed by atoms with E-state index >= 15 is 0 Å². The van der Waals surface area contributed by atoms with Crippen LogP contribution in [0.15, 0.2) is 24.5 Å². The van der Waals surface area contributed by atoms with Crippen molar-refractivity contribution in [3.05, 3.63) is 52.0 Å². The third kappa shape index (κ3) is 4.61. The lowest BCUT2D eigenvalue weighted by Crippen LogP contribution is -2.21. The molecule has 1 atom stereocenters. The van der Waals surface area contributed by atoms with E-state index < -0.39 is 14.6 Å². The number of nitrogens with two attached hydrogens (primary N) is 1. The summed E-state index contributed by atoms with van der Waals surface area (Å²) in [5.41, 5.74) is 8.90. The number of rotatable bonds is 7. The number of halogens is 1. The van der Waals surface area contributed by atoms with Crippen LogP contribution in [0.5, 0.6) is 0 Å². The number of imidazole rings is 1. The molecule has 0 radical (unpaired) electrons. The molecule has 1 aromatic carbocycles. The molecule has 164 valence electrons. The van der Waals surface area contributed by atoms with Crippen molar-refractivity contribution in [2.75, 3.05) is 12.3 Å². The van der Waals surface area contributed by atoms with Gasteiger partial charge < -0.3 is 20.3 Å². The van der Waals surface area contributed by atoms with Crippen molar-refractivity contribution in [1.82, 2.24) is 19.5 Å². The van der Waals surface area contributed by atoms with Crippen LogP contribution in [-0.2, 0) is 4.74 Å². The number of nitrogens with zero attached hydrogens (tertiary/aromatic N) is 4. The van der Waals surface area contributed by atoms with Crippen molar-refractivity contribution in [3.63, 3.8) is 0 Å². The standard InChI is InChI=1S/C20H23ClN5O4P/c1-5-6-14(26-9-23-16-18(21)24-20(22)25-19(16)26)30-8-13(27)15-10(2)7-11(3)17(12(15)4)31(28)29/h5-7,9,14,28-29H,8H2,1-4H3,(H2,22,24,25)/b6-5-. The van der Waals surface area contributed by atoms with Crippen molar-refractivity contribution >= 4 is 48.2 Å². The van der Waals surface area contributed by atoms with E-state index in [2.05, 4.69) is 15.0 Å². The molecule has 3 rings (SSSR count). The fraction of sp³-hybridized carbons (Fsp3) is 0.300. The minimum Gasteiger partial charge on any atom is -0.368 e. The fourth-order valence-electron chi connectivity index (χ4n) is 3.62. The highest BCUT2D eigenvalue weighted by Crippen LogP contribution is 2.30. The molecule has 0 aliphatic heterocycles. The quantitative estimate of drug-likeness (QED) is 0.210. The molecule has 0 amide bonds. The molecular formula is C20H23ClN5O4P. The molecule has 31 heavy (non-hydrogen) atoms. The highest BCUT2D eigenvalue weighted by Gasteiger charge is 2.23. The van der Waals surface area contributed by atoms with E-state index in [4.69, 9.17) is 22.1 Å². The molecule has 0 bridgehead atoms. The number of anilines is 1. The van der Waals surface area contributed by atoms with Gasteiger partial charge in [-0.05, 0) is 50.5 Å². The van der Waals surface area contributed by atoms with Crippen LogP contribution in [0.3, 0.4) is 0 Å². The van der Waals surface area contributed by atoms with E-state index in [0.29, 0.717) is 27.6 Å². The first kappa shape index (κ1) is 23.2. The first-order valence-corrected chi connectivity index (χ1v) is 11.0. The number of benzene rings is 1. The lowest BCUT2D eigenvalue weighted by atomic mass is 9.96. The number of nitrogen functional groups attached to an aromatic ring is 1. The number of aryl methyl sites for hydroxylation is 2. The number of allylic oxidation sites excluding steroid dienone is 1. The van der Waals surface area contributed by atoms with Gasteiger partial charge in [0.2, 0.25) is 5.95 Å². The number of hydrogen-bond donors (Lipinski definition) is 3. The molecule has 0 aliphatic rings. The average molecular weight is 464 g/mol. The Hall–Kier alpha value is -2.42. The Balaban J connectivity index is 1.92. The number of ketones is 1. The Morgan fingerprint density at radius 2 is 2.03 bits per heavy atom. The molecule has 11 heteroatoms. The van der Waals surface area contributed by atoms with E-state index in [1.165, 1.54) is 6.33 Å². The summed E-state index contributed by atoms with van der Waals surface area (Å²) in [6.45, 7) is 6.87. The lowest BCUT2D eigenvalue weighted by Gasteiger charge is -2.19. The van der Waals surface area contributed by atoms with Crippen molar-refractivity contribution in [3.8, 4) is 0 Å². The summed E-state index contributed by atoms with van der Waals surface area (Å²) in [6.07, 6.45) is 4.31. The van der Waals surface area contributed by atoms with Crippen LogP contribution in [0, 0.1) is 20.8 Å². The molecule has 0 saturated carbocycles. The number of carbonyl (C=O) groups excluding carboxylic acids is 1. The average Bonchev–Trinajstić information content (AvgIpc) is 3.08. The van der Waals surface area contributed by atoms with Gasteiger partial charge in [-0.15, -0.1) is 0 Å². The molecule has 3 aromatic rings. The first-order chi connectivity index (χ1) is 14.6. The fourth-order valence-corrected chi connectivity index (χ4v) is 4.63. The zero-order chi connectivity index (χ0) is 22.9. The zero-order valence-corrected chi connectivity index (χ0v) is 19.1. The minimum atomic E-state index is -2.33. The topological polar surface area (TPSA) is 136 Å².